The summed E-state index contributed by atoms with van der Waals surface area (Å²) >= 11 is 0. The van der Waals surface area contributed by atoms with Gasteiger partial charge < -0.3 is 4.90 Å². The molecule has 8 heteroatoms. The van der Waals surface area contributed by atoms with E-state index in [9.17, 15) is 9.59 Å². The summed E-state index contributed by atoms with van der Waals surface area (Å²) in [6.07, 6.45) is 6.51. The number of likely N-dealkylation sites (tertiary alicyclic amines) is 1. The van der Waals surface area contributed by atoms with Gasteiger partial charge in [0, 0.05) is 25.1 Å². The molecule has 1 amide bonds. The van der Waals surface area contributed by atoms with Crippen molar-refractivity contribution >= 4 is 17.2 Å². The number of carbonyl (C=O) groups is 1. The minimum Gasteiger partial charge on any atom is -0.328 e. The van der Waals surface area contributed by atoms with Crippen LogP contribution in [0.2, 0.25) is 0 Å². The molecule has 5 heterocycles. The minimum atomic E-state index is -0.359. The Balaban J connectivity index is 1.57. The fraction of sp³-hybridized carbons (Fsp3) is 0.211. The molecule has 1 atom stereocenters. The van der Waals surface area contributed by atoms with E-state index in [1.165, 1.54) is 10.6 Å². The molecule has 0 aliphatic carbocycles. The SMILES string of the molecule is O=C(c1cnc2ccccn2c1=O)N1CCCC1c1nnc2ccccn12. The quantitative estimate of drug-likeness (QED) is 0.543. The Kier molecular flexibility index (Phi) is 3.49. The van der Waals surface area contributed by atoms with Crippen LogP contribution >= 0.6 is 0 Å². The molecule has 0 N–H and O–H groups in total. The first kappa shape index (κ1) is 15.7. The minimum absolute atomic E-state index is 0.0689. The van der Waals surface area contributed by atoms with Gasteiger partial charge in [-0.2, -0.15) is 0 Å². The smallest absolute Gasteiger partial charge is 0.270 e. The van der Waals surface area contributed by atoms with Crippen LogP contribution in [0.25, 0.3) is 11.3 Å². The van der Waals surface area contributed by atoms with E-state index in [1.807, 2.05) is 28.8 Å². The molecule has 8 nitrogen and oxygen atoms in total. The molecule has 1 saturated heterocycles. The summed E-state index contributed by atoms with van der Waals surface area (Å²) in [5.74, 6) is 0.395. The molecule has 1 aliphatic heterocycles. The van der Waals surface area contributed by atoms with Gasteiger partial charge in [-0.05, 0) is 37.1 Å². The van der Waals surface area contributed by atoms with E-state index in [0.717, 1.165) is 18.5 Å². The van der Waals surface area contributed by atoms with Crippen LogP contribution in [-0.4, -0.2) is 41.3 Å². The van der Waals surface area contributed by atoms with Gasteiger partial charge in [-0.1, -0.05) is 12.1 Å². The Morgan fingerprint density at radius 3 is 2.63 bits per heavy atom. The summed E-state index contributed by atoms with van der Waals surface area (Å²) in [5.41, 5.74) is 0.960. The van der Waals surface area contributed by atoms with Crippen LogP contribution in [0.5, 0.6) is 0 Å². The molecule has 1 aliphatic rings. The molecule has 4 aromatic rings. The Bertz CT molecular complexity index is 1230. The van der Waals surface area contributed by atoms with Crippen molar-refractivity contribution in [2.24, 2.45) is 0 Å². The molecule has 0 radical (unpaired) electrons. The van der Waals surface area contributed by atoms with Crippen molar-refractivity contribution in [3.63, 3.8) is 0 Å². The van der Waals surface area contributed by atoms with Crippen molar-refractivity contribution in [3.05, 3.63) is 76.7 Å². The van der Waals surface area contributed by atoms with Gasteiger partial charge in [-0.25, -0.2) is 4.98 Å². The topological polar surface area (TPSA) is 84.9 Å². The van der Waals surface area contributed by atoms with Gasteiger partial charge in [0.1, 0.15) is 11.2 Å². The van der Waals surface area contributed by atoms with Gasteiger partial charge in [0.05, 0.1) is 6.04 Å². The number of hydrogen-bond donors (Lipinski definition) is 0. The molecule has 134 valence electrons. The summed E-state index contributed by atoms with van der Waals surface area (Å²) in [6, 6.07) is 10.7. The van der Waals surface area contributed by atoms with E-state index in [0.29, 0.717) is 18.0 Å². The first-order valence-corrected chi connectivity index (χ1v) is 8.81. The molecule has 27 heavy (non-hydrogen) atoms. The van der Waals surface area contributed by atoms with E-state index in [1.54, 1.807) is 29.3 Å². The Labute approximate surface area is 153 Å². The van der Waals surface area contributed by atoms with Crippen LogP contribution in [0.1, 0.15) is 35.1 Å². The maximum atomic E-state index is 13.2. The van der Waals surface area contributed by atoms with E-state index >= 15 is 0 Å². The van der Waals surface area contributed by atoms with Crippen LogP contribution in [0.4, 0.5) is 0 Å². The Morgan fingerprint density at radius 1 is 1.00 bits per heavy atom. The second-order valence-electron chi connectivity index (χ2n) is 6.55. The summed E-state index contributed by atoms with van der Waals surface area (Å²) in [5, 5.41) is 8.48. The van der Waals surface area contributed by atoms with E-state index in [2.05, 4.69) is 15.2 Å². The van der Waals surface area contributed by atoms with Crippen LogP contribution in [0.15, 0.2) is 59.8 Å². The largest absolute Gasteiger partial charge is 0.328 e. The number of nitrogens with zero attached hydrogens (tertiary/aromatic N) is 6. The van der Waals surface area contributed by atoms with E-state index < -0.39 is 0 Å². The monoisotopic (exact) mass is 360 g/mol. The fourth-order valence-electron chi connectivity index (χ4n) is 3.69. The van der Waals surface area contributed by atoms with Gasteiger partial charge in [0.2, 0.25) is 0 Å². The molecular weight excluding hydrogens is 344 g/mol. The lowest BCUT2D eigenvalue weighted by Crippen LogP contribution is -2.36. The number of rotatable bonds is 2. The number of fused-ring (bicyclic) bond motifs is 2. The second-order valence-corrected chi connectivity index (χ2v) is 6.55. The summed E-state index contributed by atoms with van der Waals surface area (Å²) in [6.45, 7) is 0.572. The van der Waals surface area contributed by atoms with Gasteiger partial charge in [-0.15, -0.1) is 10.2 Å². The molecule has 1 fully saturated rings. The number of hydrogen-bond acceptors (Lipinski definition) is 5. The second kappa shape index (κ2) is 6.01. The van der Waals surface area contributed by atoms with Crippen molar-refractivity contribution in [3.8, 4) is 0 Å². The average Bonchev–Trinajstić information content (AvgIpc) is 3.34. The lowest BCUT2D eigenvalue weighted by atomic mass is 10.2. The first-order chi connectivity index (χ1) is 13.2. The summed E-state index contributed by atoms with van der Waals surface area (Å²) in [4.78, 5) is 31.9. The van der Waals surface area contributed by atoms with Crippen molar-refractivity contribution in [2.75, 3.05) is 6.54 Å². The molecular formula is C19H16N6O2. The molecule has 0 bridgehead atoms. The predicted molar refractivity (Wildman–Crippen MR) is 97.5 cm³/mol. The molecule has 5 rings (SSSR count). The Morgan fingerprint density at radius 2 is 1.78 bits per heavy atom. The van der Waals surface area contributed by atoms with Gasteiger partial charge in [0.25, 0.3) is 11.5 Å². The summed E-state index contributed by atoms with van der Waals surface area (Å²) in [7, 11) is 0. The standard InChI is InChI=1S/C19H16N6O2/c26-18(13-12-20-15-7-1-4-10-25(15)19(13)27)23-11-5-6-14(23)17-22-21-16-8-2-3-9-24(16)17/h1-4,7-10,12,14H,5-6,11H2. The van der Waals surface area contributed by atoms with Crippen molar-refractivity contribution < 1.29 is 4.79 Å². The van der Waals surface area contributed by atoms with Crippen LogP contribution < -0.4 is 5.56 Å². The predicted octanol–water partition coefficient (Wildman–Crippen LogP) is 1.71. The summed E-state index contributed by atoms with van der Waals surface area (Å²) < 4.78 is 3.28. The lowest BCUT2D eigenvalue weighted by Gasteiger charge is -2.23. The van der Waals surface area contributed by atoms with Crippen molar-refractivity contribution in [1.82, 2.24) is 28.9 Å². The maximum Gasteiger partial charge on any atom is 0.270 e. The van der Waals surface area contributed by atoms with E-state index in [4.69, 9.17) is 0 Å². The third-order valence-electron chi connectivity index (χ3n) is 5.00. The molecule has 0 saturated carbocycles. The highest BCUT2D eigenvalue weighted by atomic mass is 16.2. The number of carbonyl (C=O) groups excluding carboxylic acids is 1. The third kappa shape index (κ3) is 2.41. The molecule has 0 spiro atoms. The van der Waals surface area contributed by atoms with Crippen LogP contribution in [0.3, 0.4) is 0 Å². The Hall–Kier alpha value is -3.55. The zero-order chi connectivity index (χ0) is 18.4. The maximum absolute atomic E-state index is 13.2. The number of amides is 1. The van der Waals surface area contributed by atoms with Crippen LogP contribution in [-0.2, 0) is 0 Å². The van der Waals surface area contributed by atoms with Gasteiger partial charge in [-0.3, -0.25) is 18.4 Å². The zero-order valence-corrected chi connectivity index (χ0v) is 14.4. The first-order valence-electron chi connectivity index (χ1n) is 8.81. The highest BCUT2D eigenvalue weighted by Gasteiger charge is 2.35. The third-order valence-corrected chi connectivity index (χ3v) is 5.00. The highest BCUT2D eigenvalue weighted by Crippen LogP contribution is 2.31. The highest BCUT2D eigenvalue weighted by molar-refractivity contribution is 5.94. The van der Waals surface area contributed by atoms with Crippen molar-refractivity contribution in [1.29, 1.82) is 0 Å². The lowest BCUT2D eigenvalue weighted by molar-refractivity contribution is 0.0727. The number of aromatic nitrogens is 5. The van der Waals surface area contributed by atoms with Crippen LogP contribution in [0, 0.1) is 0 Å². The molecule has 0 aromatic carbocycles. The molecule has 1 unspecified atom stereocenters. The van der Waals surface area contributed by atoms with Crippen molar-refractivity contribution in [2.45, 2.75) is 18.9 Å². The van der Waals surface area contributed by atoms with Gasteiger partial charge in [0.15, 0.2) is 11.5 Å². The van der Waals surface area contributed by atoms with E-state index in [-0.39, 0.29) is 23.1 Å². The molecule has 4 aromatic heterocycles. The number of pyridine rings is 2. The van der Waals surface area contributed by atoms with Gasteiger partial charge >= 0.3 is 0 Å². The fourth-order valence-corrected chi connectivity index (χ4v) is 3.69. The zero-order valence-electron chi connectivity index (χ0n) is 14.4. The normalized spacial score (nSPS) is 17.0. The average molecular weight is 360 g/mol.